The van der Waals surface area contributed by atoms with E-state index >= 15 is 0 Å². The first-order valence-corrected chi connectivity index (χ1v) is 20.0. The zero-order valence-electron chi connectivity index (χ0n) is 10.3. The van der Waals surface area contributed by atoms with Crippen molar-refractivity contribution in [1.29, 1.82) is 0 Å². The quantitative estimate of drug-likeness (QED) is 0.737. The maximum atomic E-state index is 2.49. The number of benzene rings is 1. The van der Waals surface area contributed by atoms with E-state index in [1.165, 1.54) is 0 Å². The van der Waals surface area contributed by atoms with Crippen LogP contribution in [0.5, 0.6) is 0 Å². The molecule has 0 heterocycles. The molecule has 0 nitrogen and oxygen atoms in total. The fraction of sp³-hybridized carbons (Fsp3) is 0.500. The van der Waals surface area contributed by atoms with Crippen molar-refractivity contribution in [2.24, 2.45) is 0 Å². The molecule has 0 amide bonds. The average Bonchev–Trinajstić information content (AvgIpc) is 2.01. The van der Waals surface area contributed by atoms with Gasteiger partial charge in [-0.3, -0.25) is 0 Å². The van der Waals surface area contributed by atoms with Crippen molar-refractivity contribution in [3.05, 3.63) is 24.3 Å². The Morgan fingerprint density at radius 2 is 0.929 bits per heavy atom. The first-order chi connectivity index (χ1) is 6.23. The molecule has 0 saturated heterocycles. The summed E-state index contributed by atoms with van der Waals surface area (Å²) in [5, 5.41) is 0. The van der Waals surface area contributed by atoms with Crippen molar-refractivity contribution < 1.29 is 0 Å². The third-order valence-electron chi connectivity index (χ3n) is 2.54. The average molecular weight is 312 g/mol. The van der Waals surface area contributed by atoms with Gasteiger partial charge in [-0.1, -0.05) is 0 Å². The molecule has 0 fully saturated rings. The normalized spacial score (nSPS) is 13.0. The van der Waals surface area contributed by atoms with Crippen LogP contribution in [0.1, 0.15) is 0 Å². The molecule has 0 aromatic heterocycles. The summed E-state index contributed by atoms with van der Waals surface area (Å²) >= 11 is -3.28. The second-order valence-corrected chi connectivity index (χ2v) is 27.2. The molecule has 0 aliphatic carbocycles. The molecule has 0 unspecified atom stereocenters. The van der Waals surface area contributed by atoms with Gasteiger partial charge in [0.2, 0.25) is 0 Å². The minimum absolute atomic E-state index is 1.64. The van der Waals surface area contributed by atoms with E-state index in [0.717, 1.165) is 0 Å². The van der Waals surface area contributed by atoms with Crippen LogP contribution in [0.3, 0.4) is 0 Å². The van der Waals surface area contributed by atoms with Crippen molar-refractivity contribution in [3.8, 4) is 0 Å². The SMILES string of the molecule is [CH3][Ge]([CH3])([CH3])[c]1cccc[c]1[Ge]([CH3])([CH3])[CH3]. The van der Waals surface area contributed by atoms with E-state index in [9.17, 15) is 0 Å². The Hall–Kier alpha value is 0.306. The number of hydrogen-bond donors (Lipinski definition) is 0. The van der Waals surface area contributed by atoms with Crippen LogP contribution in [0, 0.1) is 0 Å². The molecule has 0 bridgehead atoms. The molecule has 1 aromatic rings. The molecule has 0 aliphatic heterocycles. The molecular formula is C12H22Ge2. The summed E-state index contributed by atoms with van der Waals surface area (Å²) in [6.45, 7) is 0. The van der Waals surface area contributed by atoms with Crippen LogP contribution in [0.4, 0.5) is 0 Å². The first-order valence-electron chi connectivity index (χ1n) is 5.33. The molecule has 0 aliphatic rings. The summed E-state index contributed by atoms with van der Waals surface area (Å²) in [7, 11) is 0. The molecule has 0 spiro atoms. The molecule has 14 heavy (non-hydrogen) atoms. The summed E-state index contributed by atoms with van der Waals surface area (Å²) < 4.78 is 3.47. The van der Waals surface area contributed by atoms with Gasteiger partial charge in [-0.15, -0.1) is 0 Å². The fourth-order valence-corrected chi connectivity index (χ4v) is 16.2. The van der Waals surface area contributed by atoms with Gasteiger partial charge in [-0.05, 0) is 0 Å². The van der Waals surface area contributed by atoms with Gasteiger partial charge in [0, 0.05) is 0 Å². The number of hydrogen-bond acceptors (Lipinski definition) is 0. The third kappa shape index (κ3) is 2.90. The van der Waals surface area contributed by atoms with Crippen molar-refractivity contribution in [2.75, 3.05) is 0 Å². The van der Waals surface area contributed by atoms with E-state index in [4.69, 9.17) is 0 Å². The Morgan fingerprint density at radius 1 is 0.643 bits per heavy atom. The maximum absolute atomic E-state index is 2.49. The van der Waals surface area contributed by atoms with E-state index in [1.807, 2.05) is 0 Å². The van der Waals surface area contributed by atoms with Gasteiger partial charge >= 0.3 is 94.1 Å². The van der Waals surface area contributed by atoms with E-state index < -0.39 is 26.5 Å². The van der Waals surface area contributed by atoms with Gasteiger partial charge in [-0.25, -0.2) is 0 Å². The second-order valence-electron chi connectivity index (χ2n) is 6.05. The van der Waals surface area contributed by atoms with Crippen molar-refractivity contribution in [1.82, 2.24) is 0 Å². The molecule has 0 saturated carbocycles. The summed E-state index contributed by atoms with van der Waals surface area (Å²) in [4.78, 5) is 0. The van der Waals surface area contributed by atoms with Gasteiger partial charge < -0.3 is 0 Å². The van der Waals surface area contributed by atoms with Crippen LogP contribution in [-0.4, -0.2) is 26.5 Å². The van der Waals surface area contributed by atoms with E-state index in [-0.39, 0.29) is 0 Å². The molecule has 2 heteroatoms. The third-order valence-corrected chi connectivity index (χ3v) is 12.3. The van der Waals surface area contributed by atoms with Crippen molar-refractivity contribution in [3.63, 3.8) is 0 Å². The zero-order chi connectivity index (χ0) is 11.0. The van der Waals surface area contributed by atoms with Crippen molar-refractivity contribution in [2.45, 2.75) is 34.5 Å². The Balaban J connectivity index is 3.31. The summed E-state index contributed by atoms with van der Waals surface area (Å²) in [6.07, 6.45) is 0. The van der Waals surface area contributed by atoms with Crippen LogP contribution in [0.25, 0.3) is 0 Å². The van der Waals surface area contributed by atoms with Gasteiger partial charge in [0.05, 0.1) is 0 Å². The van der Waals surface area contributed by atoms with E-state index in [2.05, 4.69) is 58.8 Å². The zero-order valence-corrected chi connectivity index (χ0v) is 14.5. The van der Waals surface area contributed by atoms with Crippen LogP contribution >= 0.6 is 0 Å². The van der Waals surface area contributed by atoms with Crippen LogP contribution < -0.4 is 8.79 Å². The molecule has 78 valence electrons. The minimum atomic E-state index is -1.64. The van der Waals surface area contributed by atoms with E-state index in [0.29, 0.717) is 0 Å². The second kappa shape index (κ2) is 4.05. The van der Waals surface area contributed by atoms with Gasteiger partial charge in [0.25, 0.3) is 0 Å². The predicted octanol–water partition coefficient (Wildman–Crippen LogP) is 2.78. The molecule has 1 rings (SSSR count). The topological polar surface area (TPSA) is 0 Å². The number of rotatable bonds is 2. The molecule has 0 radical (unpaired) electrons. The van der Waals surface area contributed by atoms with Gasteiger partial charge in [0.15, 0.2) is 0 Å². The standard InChI is InChI=1S/C12H22Ge2/c1-13(2,3)11-9-7-8-10-12(11)14(4,5)6/h7-10H,1-6H3. The van der Waals surface area contributed by atoms with E-state index in [1.54, 1.807) is 8.79 Å². The summed E-state index contributed by atoms with van der Waals surface area (Å²) in [5.41, 5.74) is 0. The first kappa shape index (κ1) is 12.4. The Kier molecular flexibility index (Phi) is 3.58. The fourth-order valence-electron chi connectivity index (χ4n) is 1.79. The van der Waals surface area contributed by atoms with Crippen molar-refractivity contribution >= 4 is 35.3 Å². The Labute approximate surface area is 93.8 Å². The molecular weight excluding hydrogens is 289 g/mol. The Bertz CT molecular complexity index is 283. The molecule has 0 N–H and O–H groups in total. The predicted molar refractivity (Wildman–Crippen MR) is 72.4 cm³/mol. The van der Waals surface area contributed by atoms with Gasteiger partial charge in [-0.2, -0.15) is 0 Å². The Morgan fingerprint density at radius 3 is 1.14 bits per heavy atom. The van der Waals surface area contributed by atoms with Crippen LogP contribution in [0.2, 0.25) is 34.5 Å². The summed E-state index contributed by atoms with van der Waals surface area (Å²) in [6, 6.07) is 9.18. The molecule has 1 aromatic carbocycles. The monoisotopic (exact) mass is 314 g/mol. The molecule has 0 atom stereocenters. The van der Waals surface area contributed by atoms with Crippen LogP contribution in [0.15, 0.2) is 24.3 Å². The van der Waals surface area contributed by atoms with Crippen LogP contribution in [-0.2, 0) is 0 Å². The summed E-state index contributed by atoms with van der Waals surface area (Å²) in [5.74, 6) is 15.0. The van der Waals surface area contributed by atoms with Gasteiger partial charge in [0.1, 0.15) is 0 Å².